The molecule has 0 radical (unpaired) electrons. The van der Waals surface area contributed by atoms with E-state index < -0.39 is 24.3 Å². The third-order valence-corrected chi connectivity index (χ3v) is 5.37. The molecule has 1 aliphatic carbocycles. The SMILES string of the molecule is CCc1c(C(=O)C(N)=O)c2c(OCC(=O)O)nccn2c1CC1CCCCC1. The molecule has 1 aliphatic rings. The van der Waals surface area contributed by atoms with E-state index in [1.807, 2.05) is 11.3 Å². The van der Waals surface area contributed by atoms with Crippen LogP contribution in [0.1, 0.15) is 60.6 Å². The van der Waals surface area contributed by atoms with Crippen molar-refractivity contribution in [1.82, 2.24) is 9.38 Å². The van der Waals surface area contributed by atoms with E-state index in [0.717, 1.165) is 30.5 Å². The fraction of sp³-hybridized carbons (Fsp3) is 0.500. The van der Waals surface area contributed by atoms with E-state index in [9.17, 15) is 14.4 Å². The maximum atomic E-state index is 12.6. The van der Waals surface area contributed by atoms with Crippen molar-refractivity contribution in [1.29, 1.82) is 0 Å². The topological polar surface area (TPSA) is 124 Å². The highest BCUT2D eigenvalue weighted by atomic mass is 16.5. The second-order valence-corrected chi connectivity index (χ2v) is 7.19. The minimum Gasteiger partial charge on any atom is -0.479 e. The largest absolute Gasteiger partial charge is 0.479 e. The quantitative estimate of drug-likeness (QED) is 0.528. The number of primary amides is 1. The van der Waals surface area contributed by atoms with Crippen LogP contribution in [0.2, 0.25) is 0 Å². The normalized spacial score (nSPS) is 14.9. The van der Waals surface area contributed by atoms with Gasteiger partial charge in [0.1, 0.15) is 5.52 Å². The molecule has 0 bridgehead atoms. The highest BCUT2D eigenvalue weighted by Gasteiger charge is 2.29. The molecule has 28 heavy (non-hydrogen) atoms. The zero-order valence-electron chi connectivity index (χ0n) is 15.9. The Morgan fingerprint density at radius 2 is 2.00 bits per heavy atom. The summed E-state index contributed by atoms with van der Waals surface area (Å²) in [5.41, 5.74) is 7.48. The summed E-state index contributed by atoms with van der Waals surface area (Å²) in [5, 5.41) is 8.94. The van der Waals surface area contributed by atoms with Crippen LogP contribution in [0.25, 0.3) is 5.52 Å². The lowest BCUT2D eigenvalue weighted by atomic mass is 9.85. The molecule has 8 heteroatoms. The number of nitrogens with two attached hydrogens (primary N) is 1. The molecule has 8 nitrogen and oxygen atoms in total. The summed E-state index contributed by atoms with van der Waals surface area (Å²) in [6.45, 7) is 1.32. The lowest BCUT2D eigenvalue weighted by Crippen LogP contribution is -2.24. The summed E-state index contributed by atoms with van der Waals surface area (Å²) in [6, 6.07) is 0. The van der Waals surface area contributed by atoms with Crippen molar-refractivity contribution in [3.63, 3.8) is 0 Å². The van der Waals surface area contributed by atoms with Gasteiger partial charge in [0.05, 0.1) is 5.56 Å². The van der Waals surface area contributed by atoms with Crippen LogP contribution in [-0.2, 0) is 22.4 Å². The molecule has 0 aliphatic heterocycles. The van der Waals surface area contributed by atoms with E-state index in [2.05, 4.69) is 4.98 Å². The summed E-state index contributed by atoms with van der Waals surface area (Å²) < 4.78 is 7.13. The number of aromatic nitrogens is 2. The van der Waals surface area contributed by atoms with Gasteiger partial charge in [-0.25, -0.2) is 9.78 Å². The summed E-state index contributed by atoms with van der Waals surface area (Å²) in [4.78, 5) is 39.4. The molecule has 3 N–H and O–H groups in total. The number of carboxylic acid groups (broad SMARTS) is 1. The molecule has 2 heterocycles. The molecule has 1 amide bonds. The van der Waals surface area contributed by atoms with Crippen molar-refractivity contribution in [2.24, 2.45) is 11.7 Å². The Hall–Kier alpha value is -2.90. The number of carboxylic acids is 1. The molecule has 2 aromatic heterocycles. The first-order valence-corrected chi connectivity index (χ1v) is 9.63. The fourth-order valence-corrected chi connectivity index (χ4v) is 4.16. The van der Waals surface area contributed by atoms with Crippen LogP contribution in [-0.4, -0.2) is 38.8 Å². The van der Waals surface area contributed by atoms with Crippen LogP contribution in [0.4, 0.5) is 0 Å². The number of ether oxygens (including phenoxy) is 1. The molecule has 0 aromatic carbocycles. The summed E-state index contributed by atoms with van der Waals surface area (Å²) >= 11 is 0. The van der Waals surface area contributed by atoms with Crippen molar-refractivity contribution in [2.45, 2.75) is 51.9 Å². The van der Waals surface area contributed by atoms with E-state index in [1.54, 1.807) is 6.20 Å². The van der Waals surface area contributed by atoms with Crippen molar-refractivity contribution < 1.29 is 24.2 Å². The average molecular weight is 387 g/mol. The lowest BCUT2D eigenvalue weighted by molar-refractivity contribution is -0.139. The van der Waals surface area contributed by atoms with Gasteiger partial charge in [0.15, 0.2) is 6.61 Å². The molecule has 0 unspecified atom stereocenters. The van der Waals surface area contributed by atoms with E-state index in [4.69, 9.17) is 15.6 Å². The van der Waals surface area contributed by atoms with Gasteiger partial charge in [-0.1, -0.05) is 39.0 Å². The molecule has 3 rings (SSSR count). The first kappa shape index (κ1) is 19.9. The summed E-state index contributed by atoms with van der Waals surface area (Å²) in [6.07, 6.45) is 10.4. The molecule has 0 spiro atoms. The number of amides is 1. The van der Waals surface area contributed by atoms with Gasteiger partial charge in [0.25, 0.3) is 11.7 Å². The van der Waals surface area contributed by atoms with E-state index >= 15 is 0 Å². The minimum absolute atomic E-state index is 0.0131. The number of ketones is 1. The molecule has 0 saturated heterocycles. The zero-order valence-corrected chi connectivity index (χ0v) is 15.9. The molecule has 1 fully saturated rings. The van der Waals surface area contributed by atoms with Gasteiger partial charge in [-0.15, -0.1) is 0 Å². The van der Waals surface area contributed by atoms with Crippen molar-refractivity contribution >= 4 is 23.2 Å². The second kappa shape index (κ2) is 8.41. The van der Waals surface area contributed by atoms with Crippen LogP contribution >= 0.6 is 0 Å². The second-order valence-electron chi connectivity index (χ2n) is 7.19. The number of hydrogen-bond donors (Lipinski definition) is 2. The van der Waals surface area contributed by atoms with Gasteiger partial charge >= 0.3 is 5.97 Å². The predicted molar refractivity (Wildman–Crippen MR) is 102 cm³/mol. The number of carbonyl (C=O) groups is 3. The molecule has 1 saturated carbocycles. The minimum atomic E-state index is -1.16. The van der Waals surface area contributed by atoms with Crippen LogP contribution in [0, 0.1) is 5.92 Å². The summed E-state index contributed by atoms with van der Waals surface area (Å²) in [7, 11) is 0. The fourth-order valence-electron chi connectivity index (χ4n) is 4.16. The number of fused-ring (bicyclic) bond motifs is 1. The number of rotatable bonds is 8. The predicted octanol–water partition coefficient (Wildman–Crippen LogP) is 2.15. The third-order valence-electron chi connectivity index (χ3n) is 5.37. The highest BCUT2D eigenvalue weighted by Crippen LogP contribution is 2.34. The van der Waals surface area contributed by atoms with E-state index in [0.29, 0.717) is 17.9 Å². The van der Waals surface area contributed by atoms with E-state index in [1.165, 1.54) is 25.5 Å². The maximum absolute atomic E-state index is 12.6. The number of hydrogen-bond acceptors (Lipinski definition) is 5. The Bertz CT molecular complexity index is 912. The number of Topliss-reactive ketones (excluding diaryl/α,β-unsaturated/α-hetero) is 1. The number of nitrogens with zero attached hydrogens (tertiary/aromatic N) is 2. The Kier molecular flexibility index (Phi) is 5.96. The maximum Gasteiger partial charge on any atom is 0.341 e. The van der Waals surface area contributed by atoms with Crippen molar-refractivity contribution in [3.8, 4) is 5.88 Å². The first-order chi connectivity index (χ1) is 13.4. The first-order valence-electron chi connectivity index (χ1n) is 9.63. The molecule has 0 atom stereocenters. The average Bonchev–Trinajstić information content (AvgIpc) is 3.00. The van der Waals surface area contributed by atoms with Crippen LogP contribution in [0.3, 0.4) is 0 Å². The van der Waals surface area contributed by atoms with Gasteiger partial charge in [0, 0.05) is 18.1 Å². The smallest absolute Gasteiger partial charge is 0.341 e. The standard InChI is InChI=1S/C20H25N3O5/c1-2-13-14(10-12-6-4-3-5-7-12)23-9-8-22-20(28-11-15(24)25)17(23)16(13)18(26)19(21)27/h8-9,12H,2-7,10-11H2,1H3,(H2,21,27)(H,24,25). The van der Waals surface area contributed by atoms with Gasteiger partial charge in [-0.05, 0) is 24.3 Å². The van der Waals surface area contributed by atoms with Crippen LogP contribution in [0.5, 0.6) is 5.88 Å². The van der Waals surface area contributed by atoms with Gasteiger partial charge in [-0.2, -0.15) is 0 Å². The summed E-state index contributed by atoms with van der Waals surface area (Å²) in [5.74, 6) is -2.50. The molecule has 150 valence electrons. The van der Waals surface area contributed by atoms with Crippen molar-refractivity contribution in [2.75, 3.05) is 6.61 Å². The third kappa shape index (κ3) is 3.85. The number of carbonyl (C=O) groups excluding carboxylic acids is 2. The van der Waals surface area contributed by atoms with Gasteiger partial charge in [-0.3, -0.25) is 9.59 Å². The zero-order chi connectivity index (χ0) is 20.3. The number of aliphatic carboxylic acids is 1. The van der Waals surface area contributed by atoms with E-state index in [-0.39, 0.29) is 11.4 Å². The molecule has 2 aromatic rings. The van der Waals surface area contributed by atoms with Crippen LogP contribution in [0.15, 0.2) is 12.4 Å². The molecular formula is C20H25N3O5. The monoisotopic (exact) mass is 387 g/mol. The lowest BCUT2D eigenvalue weighted by Gasteiger charge is -2.22. The van der Waals surface area contributed by atoms with Gasteiger partial charge < -0.3 is 20.0 Å². The Morgan fingerprint density at radius 1 is 1.29 bits per heavy atom. The Balaban J connectivity index is 2.18. The molecular weight excluding hydrogens is 362 g/mol. The van der Waals surface area contributed by atoms with Gasteiger partial charge in [0.2, 0.25) is 5.88 Å². The Labute approximate surface area is 162 Å². The Morgan fingerprint density at radius 3 is 2.61 bits per heavy atom. The van der Waals surface area contributed by atoms with Crippen molar-refractivity contribution in [3.05, 3.63) is 29.2 Å². The van der Waals surface area contributed by atoms with Crippen LogP contribution < -0.4 is 10.5 Å². The highest BCUT2D eigenvalue weighted by molar-refractivity contribution is 6.44.